The second kappa shape index (κ2) is 6.26. The van der Waals surface area contributed by atoms with Crippen molar-refractivity contribution < 1.29 is 9.90 Å². The Morgan fingerprint density at radius 3 is 2.53 bits per heavy atom. The molecule has 1 saturated carbocycles. The van der Waals surface area contributed by atoms with Crippen LogP contribution in [0.4, 0.5) is 0 Å². The van der Waals surface area contributed by atoms with E-state index >= 15 is 0 Å². The molecule has 0 aromatic rings. The molecule has 0 aliphatic heterocycles. The van der Waals surface area contributed by atoms with Crippen LogP contribution >= 0.6 is 0 Å². The van der Waals surface area contributed by atoms with Crippen LogP contribution in [-0.4, -0.2) is 17.0 Å². The third-order valence-electron chi connectivity index (χ3n) is 3.72. The van der Waals surface area contributed by atoms with E-state index in [4.69, 9.17) is 0 Å². The summed E-state index contributed by atoms with van der Waals surface area (Å²) in [6, 6.07) is 0. The maximum absolute atomic E-state index is 10.6. The first-order valence-corrected chi connectivity index (χ1v) is 6.38. The van der Waals surface area contributed by atoms with Crippen LogP contribution in [0, 0.1) is 5.92 Å². The number of aliphatic hydroxyl groups is 1. The number of carbonyl (C=O) groups excluding carboxylic acids is 1. The molecular weight excluding hydrogens is 188 g/mol. The Balaban J connectivity index is 2.20. The van der Waals surface area contributed by atoms with E-state index in [2.05, 4.69) is 0 Å². The van der Waals surface area contributed by atoms with E-state index in [-0.39, 0.29) is 5.92 Å². The van der Waals surface area contributed by atoms with Gasteiger partial charge in [-0.2, -0.15) is 0 Å². The Kier molecular flexibility index (Phi) is 5.30. The van der Waals surface area contributed by atoms with Gasteiger partial charge in [-0.3, -0.25) is 0 Å². The summed E-state index contributed by atoms with van der Waals surface area (Å²) in [6.45, 7) is 2.05. The minimum atomic E-state index is -0.403. The van der Waals surface area contributed by atoms with Crippen LogP contribution in [-0.2, 0) is 4.79 Å². The van der Waals surface area contributed by atoms with E-state index in [0.717, 1.165) is 44.8 Å². The third kappa shape index (κ3) is 4.33. The highest BCUT2D eigenvalue weighted by Gasteiger charge is 2.28. The standard InChI is InChI=1S/C13H24O2/c1-2-12(11-14)7-6-10-13(15)8-4-3-5-9-13/h11-12,15H,2-10H2,1H3. The first-order chi connectivity index (χ1) is 7.20. The highest BCUT2D eigenvalue weighted by atomic mass is 16.3. The van der Waals surface area contributed by atoms with E-state index in [1.165, 1.54) is 19.3 Å². The van der Waals surface area contributed by atoms with Crippen LogP contribution < -0.4 is 0 Å². The summed E-state index contributed by atoms with van der Waals surface area (Å²) in [5, 5.41) is 10.2. The van der Waals surface area contributed by atoms with Gasteiger partial charge in [-0.15, -0.1) is 0 Å². The molecule has 1 aliphatic rings. The van der Waals surface area contributed by atoms with Gasteiger partial charge in [-0.05, 0) is 38.5 Å². The van der Waals surface area contributed by atoms with Gasteiger partial charge in [0.25, 0.3) is 0 Å². The van der Waals surface area contributed by atoms with E-state index in [1.54, 1.807) is 0 Å². The predicted molar refractivity (Wildman–Crippen MR) is 61.7 cm³/mol. The molecule has 2 nitrogen and oxygen atoms in total. The summed E-state index contributed by atoms with van der Waals surface area (Å²) < 4.78 is 0. The molecule has 0 amide bonds. The lowest BCUT2D eigenvalue weighted by atomic mass is 9.81. The van der Waals surface area contributed by atoms with E-state index in [1.807, 2.05) is 6.92 Å². The zero-order valence-corrected chi connectivity index (χ0v) is 9.87. The summed E-state index contributed by atoms with van der Waals surface area (Å²) in [5.74, 6) is 0.206. The van der Waals surface area contributed by atoms with Crippen molar-refractivity contribution in [3.05, 3.63) is 0 Å². The molecular formula is C13H24O2. The quantitative estimate of drug-likeness (QED) is 0.687. The number of carbonyl (C=O) groups is 1. The molecule has 15 heavy (non-hydrogen) atoms. The van der Waals surface area contributed by atoms with Crippen molar-refractivity contribution in [1.82, 2.24) is 0 Å². The predicted octanol–water partition coefficient (Wildman–Crippen LogP) is 3.08. The molecule has 1 fully saturated rings. The zero-order valence-electron chi connectivity index (χ0n) is 9.87. The topological polar surface area (TPSA) is 37.3 Å². The highest BCUT2D eigenvalue weighted by molar-refractivity contribution is 5.53. The minimum absolute atomic E-state index is 0.206. The summed E-state index contributed by atoms with van der Waals surface area (Å²) in [4.78, 5) is 10.6. The van der Waals surface area contributed by atoms with Crippen LogP contribution in [0.1, 0.15) is 64.7 Å². The molecule has 0 heterocycles. The molecule has 1 aliphatic carbocycles. The number of hydrogen-bond acceptors (Lipinski definition) is 2. The van der Waals surface area contributed by atoms with Crippen LogP contribution in [0.3, 0.4) is 0 Å². The van der Waals surface area contributed by atoms with Gasteiger partial charge in [0.2, 0.25) is 0 Å². The van der Waals surface area contributed by atoms with Gasteiger partial charge in [0.05, 0.1) is 5.60 Å². The SMILES string of the molecule is CCC(C=O)CCCC1(O)CCCCC1. The van der Waals surface area contributed by atoms with Crippen molar-refractivity contribution in [3.8, 4) is 0 Å². The van der Waals surface area contributed by atoms with Gasteiger partial charge in [0.1, 0.15) is 6.29 Å². The lowest BCUT2D eigenvalue weighted by Gasteiger charge is -2.32. The van der Waals surface area contributed by atoms with Gasteiger partial charge in [0.15, 0.2) is 0 Å². The normalized spacial score (nSPS) is 22.3. The number of aldehydes is 1. The van der Waals surface area contributed by atoms with Crippen molar-refractivity contribution in [1.29, 1.82) is 0 Å². The number of rotatable bonds is 6. The second-order valence-electron chi connectivity index (χ2n) is 4.98. The first-order valence-electron chi connectivity index (χ1n) is 6.38. The smallest absolute Gasteiger partial charge is 0.123 e. The van der Waals surface area contributed by atoms with Crippen LogP contribution in [0.25, 0.3) is 0 Å². The fourth-order valence-electron chi connectivity index (χ4n) is 2.52. The van der Waals surface area contributed by atoms with Crippen molar-refractivity contribution in [2.24, 2.45) is 5.92 Å². The Hall–Kier alpha value is -0.370. The van der Waals surface area contributed by atoms with E-state index < -0.39 is 5.60 Å². The molecule has 0 spiro atoms. The van der Waals surface area contributed by atoms with E-state index in [0.29, 0.717) is 0 Å². The molecule has 88 valence electrons. The molecule has 0 aromatic heterocycles. The van der Waals surface area contributed by atoms with E-state index in [9.17, 15) is 9.90 Å². The highest BCUT2D eigenvalue weighted by Crippen LogP contribution is 2.32. The fraction of sp³-hybridized carbons (Fsp3) is 0.923. The number of hydrogen-bond donors (Lipinski definition) is 1. The van der Waals surface area contributed by atoms with Gasteiger partial charge >= 0.3 is 0 Å². The summed E-state index contributed by atoms with van der Waals surface area (Å²) in [6.07, 6.45) is 10.4. The molecule has 1 N–H and O–H groups in total. The lowest BCUT2D eigenvalue weighted by molar-refractivity contribution is -0.111. The molecule has 1 rings (SSSR count). The van der Waals surface area contributed by atoms with Crippen LogP contribution in [0.15, 0.2) is 0 Å². The molecule has 0 aromatic carbocycles. The molecule has 0 bridgehead atoms. The molecule has 0 saturated heterocycles. The molecule has 0 radical (unpaired) electrons. The lowest BCUT2D eigenvalue weighted by Crippen LogP contribution is -2.31. The maximum Gasteiger partial charge on any atom is 0.123 e. The minimum Gasteiger partial charge on any atom is -0.390 e. The maximum atomic E-state index is 10.6. The molecule has 2 heteroatoms. The van der Waals surface area contributed by atoms with Crippen LogP contribution in [0.5, 0.6) is 0 Å². The Bertz CT molecular complexity index is 183. The second-order valence-corrected chi connectivity index (χ2v) is 4.98. The summed E-state index contributed by atoms with van der Waals surface area (Å²) in [5.41, 5.74) is -0.403. The van der Waals surface area contributed by atoms with Gasteiger partial charge in [0, 0.05) is 5.92 Å². The monoisotopic (exact) mass is 212 g/mol. The first kappa shape index (κ1) is 12.7. The van der Waals surface area contributed by atoms with Crippen molar-refractivity contribution in [2.45, 2.75) is 70.3 Å². The van der Waals surface area contributed by atoms with Gasteiger partial charge in [-0.1, -0.05) is 26.2 Å². The zero-order chi connectivity index (χ0) is 11.1. The van der Waals surface area contributed by atoms with Gasteiger partial charge < -0.3 is 9.90 Å². The Morgan fingerprint density at radius 2 is 2.00 bits per heavy atom. The van der Waals surface area contributed by atoms with Crippen molar-refractivity contribution in [2.75, 3.05) is 0 Å². The largest absolute Gasteiger partial charge is 0.390 e. The van der Waals surface area contributed by atoms with Gasteiger partial charge in [-0.25, -0.2) is 0 Å². The van der Waals surface area contributed by atoms with Crippen molar-refractivity contribution >= 4 is 6.29 Å². The average molecular weight is 212 g/mol. The molecule has 1 atom stereocenters. The Morgan fingerprint density at radius 1 is 1.33 bits per heavy atom. The molecule has 1 unspecified atom stereocenters. The average Bonchev–Trinajstić information content (AvgIpc) is 2.25. The fourth-order valence-corrected chi connectivity index (χ4v) is 2.52. The summed E-state index contributed by atoms with van der Waals surface area (Å²) in [7, 11) is 0. The third-order valence-corrected chi connectivity index (χ3v) is 3.72. The van der Waals surface area contributed by atoms with Crippen LogP contribution in [0.2, 0.25) is 0 Å². The Labute approximate surface area is 93.1 Å². The summed E-state index contributed by atoms with van der Waals surface area (Å²) >= 11 is 0. The van der Waals surface area contributed by atoms with Crippen molar-refractivity contribution in [3.63, 3.8) is 0 Å².